The first kappa shape index (κ1) is 17.0. The van der Waals surface area contributed by atoms with Crippen LogP contribution in [0.4, 0.5) is 0 Å². The summed E-state index contributed by atoms with van der Waals surface area (Å²) >= 11 is 0. The van der Waals surface area contributed by atoms with E-state index in [4.69, 9.17) is 4.98 Å². The minimum Gasteiger partial charge on any atom is -0.293 e. The fourth-order valence-corrected chi connectivity index (χ4v) is 4.06. The summed E-state index contributed by atoms with van der Waals surface area (Å²) in [7, 11) is 0. The largest absolute Gasteiger partial charge is 0.293 e. The topological polar surface area (TPSA) is 75.2 Å². The van der Waals surface area contributed by atoms with Gasteiger partial charge in [-0.3, -0.25) is 19.9 Å². The van der Waals surface area contributed by atoms with Crippen molar-refractivity contribution in [3.8, 4) is 11.3 Å². The second kappa shape index (κ2) is 6.56. The Bertz CT molecular complexity index is 1520. The molecule has 6 nitrogen and oxygen atoms in total. The Hall–Kier alpha value is -3.93. The molecule has 0 radical (unpaired) electrons. The smallest absolute Gasteiger partial charge is 0.173 e. The zero-order valence-electron chi connectivity index (χ0n) is 16.6. The monoisotopic (exact) mass is 392 g/mol. The number of nitrogens with one attached hydrogen (secondary N) is 2. The van der Waals surface area contributed by atoms with Gasteiger partial charge in [-0.25, -0.2) is 4.98 Å². The van der Waals surface area contributed by atoms with Gasteiger partial charge in [-0.2, -0.15) is 5.10 Å². The number of benzene rings is 2. The van der Waals surface area contributed by atoms with Gasteiger partial charge in [0.15, 0.2) is 5.65 Å². The zero-order chi connectivity index (χ0) is 20.1. The number of H-pyrrole nitrogens is 2. The second-order valence-electron chi connectivity index (χ2n) is 7.58. The molecular weight excluding hydrogens is 372 g/mol. The number of nitrogens with zero attached hydrogens (tertiary/aromatic N) is 4. The molecule has 146 valence electrons. The Morgan fingerprint density at radius 3 is 2.87 bits per heavy atom. The van der Waals surface area contributed by atoms with Crippen molar-refractivity contribution in [2.75, 3.05) is 0 Å². The molecular formula is C24H20N6. The van der Waals surface area contributed by atoms with E-state index in [1.807, 2.05) is 12.3 Å². The summed E-state index contributed by atoms with van der Waals surface area (Å²) in [5.74, 6) is 0. The first-order valence-electron chi connectivity index (χ1n) is 10.1. The molecule has 6 heteroatoms. The van der Waals surface area contributed by atoms with Crippen molar-refractivity contribution < 1.29 is 0 Å². The molecule has 0 fully saturated rings. The van der Waals surface area contributed by atoms with Crippen LogP contribution in [0.15, 0.2) is 66.9 Å². The summed E-state index contributed by atoms with van der Waals surface area (Å²) in [5, 5.41) is 13.3. The Morgan fingerprint density at radius 2 is 1.93 bits per heavy atom. The third kappa shape index (κ3) is 2.69. The van der Waals surface area contributed by atoms with E-state index < -0.39 is 0 Å². The Balaban J connectivity index is 1.35. The predicted molar refractivity (Wildman–Crippen MR) is 119 cm³/mol. The zero-order valence-corrected chi connectivity index (χ0v) is 16.6. The number of rotatable bonds is 4. The lowest BCUT2D eigenvalue weighted by atomic mass is 10.1. The number of aromatic amines is 2. The van der Waals surface area contributed by atoms with E-state index >= 15 is 0 Å². The van der Waals surface area contributed by atoms with E-state index in [-0.39, 0.29) is 0 Å². The maximum absolute atomic E-state index is 4.92. The van der Waals surface area contributed by atoms with E-state index in [2.05, 4.69) is 86.5 Å². The van der Waals surface area contributed by atoms with Crippen LogP contribution in [0.3, 0.4) is 0 Å². The first-order chi connectivity index (χ1) is 14.8. The Kier molecular flexibility index (Phi) is 3.71. The van der Waals surface area contributed by atoms with Crippen LogP contribution >= 0.6 is 0 Å². The molecule has 0 atom stereocenters. The first-order valence-corrected chi connectivity index (χ1v) is 10.1. The predicted octanol–water partition coefficient (Wildman–Crippen LogP) is 5.07. The van der Waals surface area contributed by atoms with Crippen molar-refractivity contribution in [2.45, 2.75) is 19.9 Å². The fraction of sp³-hybridized carbons (Fsp3) is 0.125. The molecule has 2 N–H and O–H groups in total. The van der Waals surface area contributed by atoms with Crippen LogP contribution in [0, 0.1) is 0 Å². The summed E-state index contributed by atoms with van der Waals surface area (Å²) in [6.45, 7) is 2.87. The van der Waals surface area contributed by atoms with Crippen molar-refractivity contribution in [3.05, 3.63) is 78.1 Å². The third-order valence-electron chi connectivity index (χ3n) is 5.68. The molecule has 4 heterocycles. The average molecular weight is 392 g/mol. The lowest BCUT2D eigenvalue weighted by Gasteiger charge is -2.17. The van der Waals surface area contributed by atoms with Crippen molar-refractivity contribution in [1.29, 1.82) is 0 Å². The molecule has 0 amide bonds. The maximum atomic E-state index is 4.92. The van der Waals surface area contributed by atoms with Crippen LogP contribution in [0.1, 0.15) is 18.2 Å². The number of hydrogen-bond acceptors (Lipinski definition) is 3. The number of fused-ring (bicyclic) bond motifs is 3. The minimum atomic E-state index is 0.743. The molecule has 4 aromatic heterocycles. The summed E-state index contributed by atoms with van der Waals surface area (Å²) < 4.78 is 2.08. The highest BCUT2D eigenvalue weighted by Gasteiger charge is 2.12. The number of aromatic nitrogens is 6. The summed E-state index contributed by atoms with van der Waals surface area (Å²) in [5.41, 5.74) is 8.42. The van der Waals surface area contributed by atoms with E-state index in [1.165, 1.54) is 16.6 Å². The maximum Gasteiger partial charge on any atom is 0.173 e. The molecule has 0 aliphatic rings. The molecule has 6 rings (SSSR count). The van der Waals surface area contributed by atoms with Gasteiger partial charge in [-0.15, -0.1) is 0 Å². The molecule has 30 heavy (non-hydrogen) atoms. The van der Waals surface area contributed by atoms with Gasteiger partial charge in [0.25, 0.3) is 0 Å². The lowest BCUT2D eigenvalue weighted by molar-refractivity contribution is 0.674. The average Bonchev–Trinajstić information content (AvgIpc) is 3.20. The molecule has 0 unspecified atom stereocenters. The van der Waals surface area contributed by atoms with Crippen LogP contribution < -0.4 is 0 Å². The molecule has 0 saturated carbocycles. The Morgan fingerprint density at radius 1 is 0.967 bits per heavy atom. The van der Waals surface area contributed by atoms with Crippen LogP contribution in [-0.2, 0) is 13.0 Å². The van der Waals surface area contributed by atoms with E-state index in [0.29, 0.717) is 0 Å². The SMILES string of the molecule is CCc1[nH]nc2cc(-c3ccc4[nH]n(Cc5ccc6ncccc6c5)c4n3)ccc12. The van der Waals surface area contributed by atoms with Crippen LogP contribution in [0.5, 0.6) is 0 Å². The van der Waals surface area contributed by atoms with Crippen LogP contribution in [-0.4, -0.2) is 29.9 Å². The molecule has 0 spiro atoms. The Labute approximate surface area is 172 Å². The highest BCUT2D eigenvalue weighted by Crippen LogP contribution is 2.26. The third-order valence-corrected chi connectivity index (χ3v) is 5.68. The molecule has 2 aromatic carbocycles. The van der Waals surface area contributed by atoms with Crippen LogP contribution in [0.25, 0.3) is 44.2 Å². The molecule has 0 saturated heterocycles. The van der Waals surface area contributed by atoms with E-state index in [9.17, 15) is 0 Å². The molecule has 6 aromatic rings. The highest BCUT2D eigenvalue weighted by molar-refractivity contribution is 5.87. The van der Waals surface area contributed by atoms with Crippen molar-refractivity contribution in [3.63, 3.8) is 0 Å². The quantitative estimate of drug-likeness (QED) is 0.440. The van der Waals surface area contributed by atoms with Crippen molar-refractivity contribution in [1.82, 2.24) is 29.9 Å². The summed E-state index contributed by atoms with van der Waals surface area (Å²) in [6, 6.07) is 20.9. The van der Waals surface area contributed by atoms with Crippen molar-refractivity contribution >= 4 is 33.0 Å². The fourth-order valence-electron chi connectivity index (χ4n) is 4.06. The highest BCUT2D eigenvalue weighted by atomic mass is 15.3. The minimum absolute atomic E-state index is 0.743. The molecule has 0 aliphatic carbocycles. The summed E-state index contributed by atoms with van der Waals surface area (Å²) in [6.07, 6.45) is 2.77. The van der Waals surface area contributed by atoms with Crippen LogP contribution in [0.2, 0.25) is 0 Å². The lowest BCUT2D eigenvalue weighted by Crippen LogP contribution is -2.13. The number of hydrogen-bond donors (Lipinski definition) is 2. The number of aryl methyl sites for hydroxylation is 1. The van der Waals surface area contributed by atoms with Gasteiger partial charge < -0.3 is 0 Å². The van der Waals surface area contributed by atoms with Gasteiger partial charge in [-0.05, 0) is 48.4 Å². The van der Waals surface area contributed by atoms with Gasteiger partial charge in [0.1, 0.15) is 0 Å². The van der Waals surface area contributed by atoms with E-state index in [1.54, 1.807) is 0 Å². The second-order valence-corrected chi connectivity index (χ2v) is 7.58. The molecule has 0 bridgehead atoms. The normalized spacial score (nSPS) is 11.8. The molecule has 0 aliphatic heterocycles. The van der Waals surface area contributed by atoms with Gasteiger partial charge in [0, 0.05) is 28.2 Å². The van der Waals surface area contributed by atoms with Gasteiger partial charge >= 0.3 is 0 Å². The van der Waals surface area contributed by atoms with Crippen molar-refractivity contribution in [2.24, 2.45) is 0 Å². The standard InChI is InChI=1S/C24H20N6/c1-2-19-18-7-6-17(13-23(18)28-27-19)21-9-10-22-24(26-21)30(29-22)14-15-5-8-20-16(12-15)4-3-11-25-20/h3-13,29H,2,14H2,1H3,(H,27,28). The van der Waals surface area contributed by atoms with E-state index in [0.717, 1.165) is 51.8 Å². The van der Waals surface area contributed by atoms with Gasteiger partial charge in [0.05, 0.1) is 28.8 Å². The van der Waals surface area contributed by atoms with Gasteiger partial charge in [0.2, 0.25) is 0 Å². The van der Waals surface area contributed by atoms with Gasteiger partial charge in [-0.1, -0.05) is 31.2 Å². The number of pyridine rings is 2. The summed E-state index contributed by atoms with van der Waals surface area (Å²) in [4.78, 5) is 9.31.